The molecular formula is C20H36O5. The second kappa shape index (κ2) is 8.65. The molecule has 0 aromatic carbocycles. The minimum atomic E-state index is -0.764. The van der Waals surface area contributed by atoms with Gasteiger partial charge in [-0.1, -0.05) is 34.6 Å². The lowest BCUT2D eigenvalue weighted by Crippen LogP contribution is -2.55. The quantitative estimate of drug-likeness (QED) is 0.577. The molecule has 0 aliphatic carbocycles. The first-order valence-electron chi connectivity index (χ1n) is 9.32. The third-order valence-corrected chi connectivity index (χ3v) is 5.07. The van der Waals surface area contributed by atoms with E-state index in [2.05, 4.69) is 6.92 Å². The van der Waals surface area contributed by atoms with Gasteiger partial charge in [0.1, 0.15) is 5.76 Å². The predicted octanol–water partition coefficient (Wildman–Crippen LogP) is 3.90. The zero-order chi connectivity index (χ0) is 19.5. The molecule has 1 aliphatic heterocycles. The maximum Gasteiger partial charge on any atom is 0.313 e. The Bertz CT molecular complexity index is 480. The fourth-order valence-electron chi connectivity index (χ4n) is 3.31. The fraction of sp³-hybridized carbons (Fsp3) is 0.850. The van der Waals surface area contributed by atoms with Crippen molar-refractivity contribution in [3.05, 3.63) is 11.8 Å². The van der Waals surface area contributed by atoms with E-state index in [-0.39, 0.29) is 41.8 Å². The molecule has 5 nitrogen and oxygen atoms in total. The molecule has 6 atom stereocenters. The molecule has 0 aromatic heterocycles. The number of aliphatic hydroxyl groups excluding tert-OH is 1. The normalized spacial score (nSPS) is 30.7. The summed E-state index contributed by atoms with van der Waals surface area (Å²) >= 11 is 0. The van der Waals surface area contributed by atoms with Crippen LogP contribution in [-0.4, -0.2) is 35.2 Å². The zero-order valence-corrected chi connectivity index (χ0v) is 17.2. The van der Waals surface area contributed by atoms with Gasteiger partial charge < -0.3 is 19.3 Å². The van der Waals surface area contributed by atoms with Crippen LogP contribution >= 0.6 is 0 Å². The Morgan fingerprint density at radius 2 is 1.64 bits per heavy atom. The summed E-state index contributed by atoms with van der Waals surface area (Å²) in [6, 6.07) is 0. The van der Waals surface area contributed by atoms with E-state index in [0.29, 0.717) is 5.76 Å². The first-order valence-corrected chi connectivity index (χ1v) is 9.32. The van der Waals surface area contributed by atoms with Crippen LogP contribution in [0.25, 0.3) is 0 Å². The average molecular weight is 357 g/mol. The number of hydrogen-bond acceptors (Lipinski definition) is 5. The van der Waals surface area contributed by atoms with Crippen LogP contribution in [-0.2, 0) is 19.0 Å². The number of carbonyl (C=O) groups is 1. The Morgan fingerprint density at radius 1 is 1.12 bits per heavy atom. The SMILES string of the molecule is C/C=C(\OC(=O)C(C)C)[C@@H](C)[C@H]1OC(C)(C)O[C@@H]([C@@H](C)[C@@H](C)O)[C@H]1C. The van der Waals surface area contributed by atoms with Gasteiger partial charge in [0.25, 0.3) is 0 Å². The number of esters is 1. The molecule has 0 unspecified atom stereocenters. The molecule has 1 saturated heterocycles. The van der Waals surface area contributed by atoms with E-state index in [1.807, 2.05) is 54.5 Å². The van der Waals surface area contributed by atoms with Crippen molar-refractivity contribution in [1.29, 1.82) is 0 Å². The van der Waals surface area contributed by atoms with Crippen molar-refractivity contribution in [2.24, 2.45) is 23.7 Å². The van der Waals surface area contributed by atoms with Crippen LogP contribution in [0.5, 0.6) is 0 Å². The molecular weight excluding hydrogens is 320 g/mol. The maximum absolute atomic E-state index is 12.0. The van der Waals surface area contributed by atoms with Crippen LogP contribution in [0, 0.1) is 23.7 Å². The second-order valence-corrected chi connectivity index (χ2v) is 8.08. The van der Waals surface area contributed by atoms with Crippen LogP contribution in [0.1, 0.15) is 62.3 Å². The minimum absolute atomic E-state index is 0.0276. The van der Waals surface area contributed by atoms with Gasteiger partial charge in [-0.2, -0.15) is 0 Å². The van der Waals surface area contributed by atoms with E-state index in [9.17, 15) is 9.90 Å². The Kier molecular flexibility index (Phi) is 7.66. The van der Waals surface area contributed by atoms with Crippen LogP contribution in [0.15, 0.2) is 11.8 Å². The summed E-state index contributed by atoms with van der Waals surface area (Å²) in [5.74, 6) is -0.658. The van der Waals surface area contributed by atoms with Gasteiger partial charge in [-0.3, -0.25) is 4.79 Å². The monoisotopic (exact) mass is 356 g/mol. The van der Waals surface area contributed by atoms with Crippen molar-refractivity contribution in [2.45, 2.75) is 86.4 Å². The van der Waals surface area contributed by atoms with E-state index in [1.165, 1.54) is 0 Å². The van der Waals surface area contributed by atoms with Crippen molar-refractivity contribution in [3.8, 4) is 0 Å². The van der Waals surface area contributed by atoms with Gasteiger partial charge in [0, 0.05) is 17.8 Å². The highest BCUT2D eigenvalue weighted by Crippen LogP contribution is 2.40. The van der Waals surface area contributed by atoms with Crippen molar-refractivity contribution in [2.75, 3.05) is 0 Å². The molecule has 1 heterocycles. The number of rotatable bonds is 6. The minimum Gasteiger partial charge on any atom is -0.431 e. The standard InChI is InChI=1S/C20H36O5/c1-10-16(23-19(22)11(2)3)13(5)18-14(6)17(12(4)15(7)21)24-20(8,9)25-18/h10-15,17-18,21H,1-9H3/b16-10-/t12-,13+,14+,15+,17-,18+/m0/s1. The Morgan fingerprint density at radius 3 is 2.08 bits per heavy atom. The topological polar surface area (TPSA) is 65.0 Å². The summed E-state index contributed by atoms with van der Waals surface area (Å²) in [6.45, 7) is 17.1. The first kappa shape index (κ1) is 22.1. The molecule has 0 saturated carbocycles. The molecule has 5 heteroatoms. The molecule has 0 amide bonds. The second-order valence-electron chi connectivity index (χ2n) is 8.08. The van der Waals surface area contributed by atoms with Gasteiger partial charge in [0.2, 0.25) is 0 Å². The Hall–Kier alpha value is -0.910. The van der Waals surface area contributed by atoms with Crippen molar-refractivity contribution in [3.63, 3.8) is 0 Å². The molecule has 0 radical (unpaired) electrons. The smallest absolute Gasteiger partial charge is 0.313 e. The summed E-state index contributed by atoms with van der Waals surface area (Å²) < 4.78 is 17.9. The number of hydrogen-bond donors (Lipinski definition) is 1. The molecule has 0 spiro atoms. The molecule has 1 rings (SSSR count). The summed E-state index contributed by atoms with van der Waals surface area (Å²) in [4.78, 5) is 12.0. The van der Waals surface area contributed by atoms with Crippen LogP contribution in [0.4, 0.5) is 0 Å². The number of aliphatic hydroxyl groups is 1. The first-order chi connectivity index (χ1) is 11.4. The molecule has 0 aromatic rings. The lowest BCUT2D eigenvalue weighted by Gasteiger charge is -2.49. The third kappa shape index (κ3) is 5.53. The molecule has 1 N–H and O–H groups in total. The highest BCUT2D eigenvalue weighted by molar-refractivity contribution is 5.72. The van der Waals surface area contributed by atoms with Crippen molar-refractivity contribution in [1.82, 2.24) is 0 Å². The zero-order valence-electron chi connectivity index (χ0n) is 17.2. The van der Waals surface area contributed by atoms with Gasteiger partial charge in [-0.25, -0.2) is 0 Å². The Balaban J connectivity index is 3.04. The maximum atomic E-state index is 12.0. The van der Waals surface area contributed by atoms with E-state index < -0.39 is 11.9 Å². The molecule has 1 fully saturated rings. The number of allylic oxidation sites excluding steroid dienone is 1. The van der Waals surface area contributed by atoms with Crippen LogP contribution in [0.2, 0.25) is 0 Å². The lowest BCUT2D eigenvalue weighted by molar-refractivity contribution is -0.336. The molecule has 1 aliphatic rings. The van der Waals surface area contributed by atoms with Gasteiger partial charge in [0.15, 0.2) is 5.79 Å². The summed E-state index contributed by atoms with van der Waals surface area (Å²) in [5.41, 5.74) is 0. The van der Waals surface area contributed by atoms with E-state index in [4.69, 9.17) is 14.2 Å². The largest absolute Gasteiger partial charge is 0.431 e. The number of carbonyl (C=O) groups excluding carboxylic acids is 1. The van der Waals surface area contributed by atoms with Gasteiger partial charge in [0.05, 0.1) is 24.2 Å². The Labute approximate surface area is 152 Å². The van der Waals surface area contributed by atoms with Crippen molar-refractivity contribution >= 4 is 5.97 Å². The van der Waals surface area contributed by atoms with E-state index in [0.717, 1.165) is 0 Å². The highest BCUT2D eigenvalue weighted by Gasteiger charge is 2.46. The summed E-state index contributed by atoms with van der Waals surface area (Å²) in [6.07, 6.45) is 1.03. The predicted molar refractivity (Wildman–Crippen MR) is 97.7 cm³/mol. The molecule has 25 heavy (non-hydrogen) atoms. The van der Waals surface area contributed by atoms with Crippen molar-refractivity contribution < 1.29 is 24.1 Å². The molecule has 146 valence electrons. The lowest BCUT2D eigenvalue weighted by atomic mass is 9.80. The third-order valence-electron chi connectivity index (χ3n) is 5.07. The highest BCUT2D eigenvalue weighted by atomic mass is 16.7. The van der Waals surface area contributed by atoms with E-state index in [1.54, 1.807) is 6.92 Å². The fourth-order valence-corrected chi connectivity index (χ4v) is 3.31. The number of ether oxygens (including phenoxy) is 3. The summed E-state index contributed by atoms with van der Waals surface area (Å²) in [5, 5.41) is 10.0. The van der Waals surface area contributed by atoms with Gasteiger partial charge in [-0.05, 0) is 33.8 Å². The summed E-state index contributed by atoms with van der Waals surface area (Å²) in [7, 11) is 0. The average Bonchev–Trinajstić information content (AvgIpc) is 2.52. The van der Waals surface area contributed by atoms with Crippen LogP contribution < -0.4 is 0 Å². The van der Waals surface area contributed by atoms with Gasteiger partial charge >= 0.3 is 5.97 Å². The molecule has 0 bridgehead atoms. The van der Waals surface area contributed by atoms with E-state index >= 15 is 0 Å². The van der Waals surface area contributed by atoms with Crippen LogP contribution in [0.3, 0.4) is 0 Å². The van der Waals surface area contributed by atoms with Gasteiger partial charge in [-0.15, -0.1) is 0 Å².